The zero-order valence-corrected chi connectivity index (χ0v) is 13.6. The van der Waals surface area contributed by atoms with E-state index in [0.717, 1.165) is 25.9 Å². The van der Waals surface area contributed by atoms with Crippen molar-refractivity contribution in [1.29, 1.82) is 0 Å². The topological polar surface area (TPSA) is 97.9 Å². The third kappa shape index (κ3) is 3.08. The second-order valence-corrected chi connectivity index (χ2v) is 6.39. The monoisotopic (exact) mass is 344 g/mol. The zero-order valence-electron chi connectivity index (χ0n) is 12.8. The molecule has 1 aliphatic heterocycles. The summed E-state index contributed by atoms with van der Waals surface area (Å²) in [6, 6.07) is 3.92. The van der Waals surface area contributed by atoms with Crippen LogP contribution in [-0.2, 0) is 0 Å². The summed E-state index contributed by atoms with van der Waals surface area (Å²) in [5, 5.41) is 16.5. The minimum atomic E-state index is -0.310. The average Bonchev–Trinajstić information content (AvgIpc) is 3.36. The summed E-state index contributed by atoms with van der Waals surface area (Å²) in [5.41, 5.74) is 0.988. The molecular formula is C15H16N6O2S. The fourth-order valence-electron chi connectivity index (χ4n) is 2.66. The Morgan fingerprint density at radius 2 is 2.29 bits per heavy atom. The Bertz CT molecular complexity index is 819. The zero-order chi connectivity index (χ0) is 16.4. The first-order chi connectivity index (χ1) is 11.8. The quantitative estimate of drug-likeness (QED) is 0.753. The van der Waals surface area contributed by atoms with E-state index < -0.39 is 0 Å². The lowest BCUT2D eigenvalue weighted by Gasteiger charge is -2.21. The van der Waals surface area contributed by atoms with Crippen LogP contribution < -0.4 is 10.6 Å². The normalized spacial score (nSPS) is 15.5. The molecule has 3 aromatic rings. The first kappa shape index (κ1) is 15.0. The smallest absolute Gasteiger partial charge is 0.279 e. The molecule has 1 aliphatic rings. The third-order valence-electron chi connectivity index (χ3n) is 3.92. The van der Waals surface area contributed by atoms with Crippen LogP contribution in [0.15, 0.2) is 34.4 Å². The molecule has 124 valence electrons. The second kappa shape index (κ2) is 6.54. The summed E-state index contributed by atoms with van der Waals surface area (Å²) >= 11 is 1.34. The maximum atomic E-state index is 12.3. The number of nitrogens with zero attached hydrogens (tertiary/aromatic N) is 4. The van der Waals surface area contributed by atoms with Crippen LogP contribution in [0.5, 0.6) is 0 Å². The van der Waals surface area contributed by atoms with Gasteiger partial charge in [-0.25, -0.2) is 9.67 Å². The van der Waals surface area contributed by atoms with Crippen molar-refractivity contribution in [2.75, 3.05) is 18.4 Å². The molecule has 0 aliphatic carbocycles. The van der Waals surface area contributed by atoms with Crippen LogP contribution in [0.25, 0.3) is 11.5 Å². The maximum absolute atomic E-state index is 12.3. The molecule has 0 atom stereocenters. The highest BCUT2D eigenvalue weighted by Crippen LogP contribution is 2.25. The molecule has 2 N–H and O–H groups in total. The molecule has 4 rings (SSSR count). The Morgan fingerprint density at radius 3 is 3.08 bits per heavy atom. The molecule has 0 unspecified atom stereocenters. The average molecular weight is 344 g/mol. The number of amides is 1. The van der Waals surface area contributed by atoms with Crippen LogP contribution in [0.1, 0.15) is 29.4 Å². The lowest BCUT2D eigenvalue weighted by molar-refractivity contribution is 0.102. The molecular weight excluding hydrogens is 328 g/mol. The van der Waals surface area contributed by atoms with E-state index in [1.165, 1.54) is 11.3 Å². The van der Waals surface area contributed by atoms with Crippen molar-refractivity contribution < 1.29 is 9.21 Å². The van der Waals surface area contributed by atoms with Gasteiger partial charge in [0.25, 0.3) is 5.91 Å². The van der Waals surface area contributed by atoms with Crippen LogP contribution >= 0.6 is 11.3 Å². The summed E-state index contributed by atoms with van der Waals surface area (Å²) in [4.78, 5) is 16.7. The van der Waals surface area contributed by atoms with Gasteiger partial charge in [0, 0.05) is 5.38 Å². The molecule has 0 aromatic carbocycles. The maximum Gasteiger partial charge on any atom is 0.279 e. The van der Waals surface area contributed by atoms with Crippen molar-refractivity contribution in [1.82, 2.24) is 25.3 Å². The standard InChI is InChI=1S/C15H16N6O2S/c22-14(11-8-21(20-19-11)10-3-5-16-6-4-10)18-15-17-12(9-24-15)13-2-1-7-23-13/h1-2,7-10,16H,3-6H2,(H,17,18,22). The molecule has 1 fully saturated rings. The predicted molar refractivity (Wildman–Crippen MR) is 88.9 cm³/mol. The molecule has 0 bridgehead atoms. The van der Waals surface area contributed by atoms with E-state index in [0.29, 0.717) is 28.3 Å². The Labute approximate surface area is 141 Å². The molecule has 4 heterocycles. The first-order valence-corrected chi connectivity index (χ1v) is 8.61. The Hall–Kier alpha value is -2.52. The van der Waals surface area contributed by atoms with E-state index in [9.17, 15) is 4.79 Å². The van der Waals surface area contributed by atoms with E-state index in [-0.39, 0.29) is 5.91 Å². The van der Waals surface area contributed by atoms with Gasteiger partial charge in [0.1, 0.15) is 5.69 Å². The fourth-order valence-corrected chi connectivity index (χ4v) is 3.36. The van der Waals surface area contributed by atoms with Crippen molar-refractivity contribution >= 4 is 22.4 Å². The SMILES string of the molecule is O=C(Nc1nc(-c2ccco2)cs1)c1cn(C2CCNCC2)nn1. The molecule has 3 aromatic heterocycles. The van der Waals surface area contributed by atoms with Gasteiger partial charge < -0.3 is 9.73 Å². The van der Waals surface area contributed by atoms with E-state index >= 15 is 0 Å². The number of hydrogen-bond donors (Lipinski definition) is 2. The lowest BCUT2D eigenvalue weighted by Crippen LogP contribution is -2.29. The van der Waals surface area contributed by atoms with Gasteiger partial charge in [-0.1, -0.05) is 5.21 Å². The number of piperidine rings is 1. The number of furan rings is 1. The van der Waals surface area contributed by atoms with Gasteiger partial charge in [-0.3, -0.25) is 10.1 Å². The molecule has 24 heavy (non-hydrogen) atoms. The van der Waals surface area contributed by atoms with Gasteiger partial charge in [0.05, 0.1) is 18.5 Å². The third-order valence-corrected chi connectivity index (χ3v) is 4.68. The summed E-state index contributed by atoms with van der Waals surface area (Å²) in [6.45, 7) is 1.92. The van der Waals surface area contributed by atoms with Crippen molar-refractivity contribution in [2.24, 2.45) is 0 Å². The number of aromatic nitrogens is 4. The Kier molecular flexibility index (Phi) is 4.09. The van der Waals surface area contributed by atoms with Gasteiger partial charge >= 0.3 is 0 Å². The highest BCUT2D eigenvalue weighted by atomic mass is 32.1. The number of carbonyl (C=O) groups excluding carboxylic acids is 1. The minimum Gasteiger partial charge on any atom is -0.463 e. The summed E-state index contributed by atoms with van der Waals surface area (Å²) in [6.07, 6.45) is 5.27. The van der Waals surface area contributed by atoms with Crippen LogP contribution in [0.4, 0.5) is 5.13 Å². The van der Waals surface area contributed by atoms with Crippen molar-refractivity contribution in [2.45, 2.75) is 18.9 Å². The van der Waals surface area contributed by atoms with E-state index in [1.807, 2.05) is 11.4 Å². The first-order valence-electron chi connectivity index (χ1n) is 7.73. The number of carbonyl (C=O) groups is 1. The van der Waals surface area contributed by atoms with Gasteiger partial charge in [-0.05, 0) is 38.1 Å². The second-order valence-electron chi connectivity index (χ2n) is 5.53. The van der Waals surface area contributed by atoms with Crippen molar-refractivity contribution in [3.63, 3.8) is 0 Å². The predicted octanol–water partition coefficient (Wildman–Crippen LogP) is 2.17. The van der Waals surface area contributed by atoms with Crippen LogP contribution in [0, 0.1) is 0 Å². The fraction of sp³-hybridized carbons (Fsp3) is 0.333. The number of nitrogens with one attached hydrogen (secondary N) is 2. The largest absolute Gasteiger partial charge is 0.463 e. The Balaban J connectivity index is 1.44. The van der Waals surface area contributed by atoms with Gasteiger partial charge in [0.15, 0.2) is 16.6 Å². The molecule has 8 nitrogen and oxygen atoms in total. The number of thiazole rings is 1. The van der Waals surface area contributed by atoms with Gasteiger partial charge in [0.2, 0.25) is 0 Å². The molecule has 0 saturated carbocycles. The van der Waals surface area contributed by atoms with Crippen molar-refractivity contribution in [3.8, 4) is 11.5 Å². The van der Waals surface area contributed by atoms with Crippen LogP contribution in [-0.4, -0.2) is 39.0 Å². The van der Waals surface area contributed by atoms with E-state index in [2.05, 4.69) is 25.9 Å². The van der Waals surface area contributed by atoms with Crippen molar-refractivity contribution in [3.05, 3.63) is 35.7 Å². The number of anilines is 1. The van der Waals surface area contributed by atoms with Crippen LogP contribution in [0.3, 0.4) is 0 Å². The molecule has 1 amide bonds. The molecule has 1 saturated heterocycles. The Morgan fingerprint density at radius 1 is 1.42 bits per heavy atom. The summed E-state index contributed by atoms with van der Waals surface area (Å²) in [5.74, 6) is 0.360. The highest BCUT2D eigenvalue weighted by molar-refractivity contribution is 7.14. The summed E-state index contributed by atoms with van der Waals surface area (Å²) in [7, 11) is 0. The molecule has 0 radical (unpaired) electrons. The van der Waals surface area contributed by atoms with E-state index in [4.69, 9.17) is 4.42 Å². The van der Waals surface area contributed by atoms with Gasteiger partial charge in [-0.2, -0.15) is 0 Å². The van der Waals surface area contributed by atoms with Crippen LogP contribution in [0.2, 0.25) is 0 Å². The minimum absolute atomic E-state index is 0.295. The van der Waals surface area contributed by atoms with Gasteiger partial charge in [-0.15, -0.1) is 16.4 Å². The summed E-state index contributed by atoms with van der Waals surface area (Å²) < 4.78 is 7.08. The number of hydrogen-bond acceptors (Lipinski definition) is 7. The molecule has 0 spiro atoms. The number of rotatable bonds is 4. The molecule has 9 heteroatoms. The highest BCUT2D eigenvalue weighted by Gasteiger charge is 2.19. The lowest BCUT2D eigenvalue weighted by atomic mass is 10.1. The van der Waals surface area contributed by atoms with E-state index in [1.54, 1.807) is 23.2 Å².